The lowest BCUT2D eigenvalue weighted by Gasteiger charge is -2.13. The van der Waals surface area contributed by atoms with Gasteiger partial charge in [0.15, 0.2) is 6.10 Å². The first-order valence-electron chi connectivity index (χ1n) is 8.41. The number of carbonyl (C=O) groups is 1. The second kappa shape index (κ2) is 7.53. The summed E-state index contributed by atoms with van der Waals surface area (Å²) < 4.78 is 21.2. The minimum absolute atomic E-state index is 0.133. The molecule has 1 atom stereocenters. The summed E-state index contributed by atoms with van der Waals surface area (Å²) >= 11 is 0. The number of carbonyl (C=O) groups excluding carboxylic acids is 1. The molecule has 0 aliphatic heterocycles. The van der Waals surface area contributed by atoms with Crippen molar-refractivity contribution in [2.24, 2.45) is 0 Å². The van der Waals surface area contributed by atoms with Crippen molar-refractivity contribution in [1.82, 2.24) is 0 Å². The van der Waals surface area contributed by atoms with Crippen molar-refractivity contribution in [2.75, 3.05) is 14.2 Å². The number of ether oxygens (including phenoxy) is 3. The molecular weight excluding hydrogens is 348 g/mol. The van der Waals surface area contributed by atoms with Gasteiger partial charge in [0, 0.05) is 6.07 Å². The molecule has 0 bridgehead atoms. The summed E-state index contributed by atoms with van der Waals surface area (Å²) in [6.07, 6.45) is -0.765. The van der Waals surface area contributed by atoms with Crippen LogP contribution in [-0.2, 0) is 9.53 Å². The van der Waals surface area contributed by atoms with Gasteiger partial charge in [0.05, 0.1) is 25.2 Å². The summed E-state index contributed by atoms with van der Waals surface area (Å²) in [4.78, 5) is 24.5. The summed E-state index contributed by atoms with van der Waals surface area (Å²) in [5.74, 6) is 1.14. The molecular formula is C21H20O6. The first kappa shape index (κ1) is 18.5. The van der Waals surface area contributed by atoms with Crippen molar-refractivity contribution in [3.8, 4) is 22.6 Å². The third kappa shape index (κ3) is 3.65. The van der Waals surface area contributed by atoms with Crippen LogP contribution in [0.2, 0.25) is 0 Å². The summed E-state index contributed by atoms with van der Waals surface area (Å²) in [5.41, 5.74) is 1.51. The highest BCUT2D eigenvalue weighted by molar-refractivity contribution is 5.84. The van der Waals surface area contributed by atoms with Crippen LogP contribution in [0, 0.1) is 6.92 Å². The molecule has 27 heavy (non-hydrogen) atoms. The fourth-order valence-electron chi connectivity index (χ4n) is 2.87. The maximum Gasteiger partial charge on any atom is 0.346 e. The number of hydrogen-bond acceptors (Lipinski definition) is 6. The van der Waals surface area contributed by atoms with Gasteiger partial charge in [-0.1, -0.05) is 12.1 Å². The second-order valence-corrected chi connectivity index (χ2v) is 6.03. The summed E-state index contributed by atoms with van der Waals surface area (Å²) in [5, 5.41) is 0.435. The van der Waals surface area contributed by atoms with Crippen molar-refractivity contribution in [2.45, 2.75) is 20.0 Å². The van der Waals surface area contributed by atoms with Gasteiger partial charge in [-0.25, -0.2) is 4.79 Å². The molecule has 0 fully saturated rings. The molecule has 1 unspecified atom stereocenters. The molecule has 0 saturated carbocycles. The molecule has 0 spiro atoms. The van der Waals surface area contributed by atoms with Crippen LogP contribution in [0.4, 0.5) is 0 Å². The Labute approximate surface area is 156 Å². The van der Waals surface area contributed by atoms with E-state index >= 15 is 0 Å². The number of methoxy groups -OCH3 is 2. The largest absolute Gasteiger partial charge is 0.497 e. The molecule has 0 radical (unpaired) electrons. The van der Waals surface area contributed by atoms with Crippen LogP contribution in [0.15, 0.2) is 51.7 Å². The second-order valence-electron chi connectivity index (χ2n) is 6.03. The summed E-state index contributed by atoms with van der Waals surface area (Å²) in [6.45, 7) is 3.33. The average Bonchev–Trinajstić information content (AvgIpc) is 2.67. The molecule has 1 heterocycles. The van der Waals surface area contributed by atoms with Crippen LogP contribution in [-0.4, -0.2) is 26.3 Å². The van der Waals surface area contributed by atoms with Crippen LogP contribution >= 0.6 is 0 Å². The van der Waals surface area contributed by atoms with E-state index in [9.17, 15) is 9.59 Å². The number of aryl methyl sites for hydroxylation is 1. The molecule has 1 aromatic heterocycles. The van der Waals surface area contributed by atoms with Gasteiger partial charge in [0.2, 0.25) is 5.43 Å². The Hall–Kier alpha value is -3.28. The molecule has 0 aliphatic carbocycles. The van der Waals surface area contributed by atoms with Crippen molar-refractivity contribution in [3.63, 3.8) is 0 Å². The first-order valence-corrected chi connectivity index (χ1v) is 8.41. The molecule has 0 amide bonds. The minimum Gasteiger partial charge on any atom is -0.497 e. The Balaban J connectivity index is 2.03. The van der Waals surface area contributed by atoms with Gasteiger partial charge in [-0.05, 0) is 43.7 Å². The van der Waals surface area contributed by atoms with Gasteiger partial charge in [-0.2, -0.15) is 0 Å². The Bertz CT molecular complexity index is 1030. The lowest BCUT2D eigenvalue weighted by Crippen LogP contribution is -2.24. The van der Waals surface area contributed by atoms with Crippen LogP contribution in [0.25, 0.3) is 22.1 Å². The molecule has 0 saturated heterocycles. The van der Waals surface area contributed by atoms with Crippen LogP contribution in [0.1, 0.15) is 12.7 Å². The van der Waals surface area contributed by atoms with Gasteiger partial charge in [0.25, 0.3) is 0 Å². The highest BCUT2D eigenvalue weighted by Gasteiger charge is 2.17. The van der Waals surface area contributed by atoms with Crippen LogP contribution in [0.3, 0.4) is 0 Å². The van der Waals surface area contributed by atoms with E-state index in [4.69, 9.17) is 13.9 Å². The Morgan fingerprint density at radius 1 is 1.04 bits per heavy atom. The van der Waals surface area contributed by atoms with Crippen molar-refractivity contribution < 1.29 is 23.4 Å². The lowest BCUT2D eigenvalue weighted by atomic mass is 10.0. The normalized spacial score (nSPS) is 11.9. The van der Waals surface area contributed by atoms with Gasteiger partial charge >= 0.3 is 5.97 Å². The Morgan fingerprint density at radius 3 is 2.33 bits per heavy atom. The maximum atomic E-state index is 13.0. The summed E-state index contributed by atoms with van der Waals surface area (Å²) in [7, 11) is 2.89. The number of hydrogen-bond donors (Lipinski definition) is 0. The molecule has 140 valence electrons. The fraction of sp³-hybridized carbons (Fsp3) is 0.238. The number of benzene rings is 2. The predicted molar refractivity (Wildman–Crippen MR) is 101 cm³/mol. The standard InChI is InChI=1S/C21H20O6/c1-12-19(14-5-7-15(24-3)8-6-14)20(22)17-10-9-16(11-18(17)27-12)26-13(2)21(23)25-4/h5-11,13H,1-4H3. The predicted octanol–water partition coefficient (Wildman–Crippen LogP) is 3.72. The smallest absolute Gasteiger partial charge is 0.346 e. The molecule has 2 aromatic carbocycles. The van der Waals surface area contributed by atoms with Crippen LogP contribution in [0.5, 0.6) is 11.5 Å². The van der Waals surface area contributed by atoms with Crippen molar-refractivity contribution in [1.29, 1.82) is 0 Å². The molecule has 0 aliphatic rings. The fourth-order valence-corrected chi connectivity index (χ4v) is 2.87. The third-order valence-electron chi connectivity index (χ3n) is 4.26. The first-order chi connectivity index (χ1) is 12.9. The van der Waals surface area contributed by atoms with Crippen molar-refractivity contribution in [3.05, 3.63) is 58.4 Å². The third-order valence-corrected chi connectivity index (χ3v) is 4.26. The number of fused-ring (bicyclic) bond motifs is 1. The minimum atomic E-state index is -0.765. The Kier molecular flexibility index (Phi) is 5.16. The zero-order chi connectivity index (χ0) is 19.6. The van der Waals surface area contributed by atoms with E-state index in [-0.39, 0.29) is 5.43 Å². The van der Waals surface area contributed by atoms with E-state index in [1.54, 1.807) is 51.3 Å². The SMILES string of the molecule is COC(=O)C(C)Oc1ccc2c(=O)c(-c3ccc(OC)cc3)c(C)oc2c1. The quantitative estimate of drug-likeness (QED) is 0.639. The van der Waals surface area contributed by atoms with Crippen LogP contribution < -0.4 is 14.9 Å². The molecule has 6 nitrogen and oxygen atoms in total. The maximum absolute atomic E-state index is 13.0. The molecule has 0 N–H and O–H groups in total. The molecule has 3 rings (SSSR count). The van der Waals surface area contributed by atoms with Gasteiger partial charge in [-0.3, -0.25) is 4.79 Å². The van der Waals surface area contributed by atoms with Gasteiger partial charge < -0.3 is 18.6 Å². The average molecular weight is 368 g/mol. The van der Waals surface area contributed by atoms with Crippen molar-refractivity contribution >= 4 is 16.9 Å². The molecule has 6 heteroatoms. The van der Waals surface area contributed by atoms with E-state index in [1.165, 1.54) is 7.11 Å². The lowest BCUT2D eigenvalue weighted by molar-refractivity contribution is -0.147. The zero-order valence-electron chi connectivity index (χ0n) is 15.6. The zero-order valence-corrected chi connectivity index (χ0v) is 15.6. The van der Waals surface area contributed by atoms with Gasteiger partial charge in [0.1, 0.15) is 22.8 Å². The number of rotatable bonds is 5. The highest BCUT2D eigenvalue weighted by atomic mass is 16.6. The van der Waals surface area contributed by atoms with E-state index < -0.39 is 12.1 Å². The topological polar surface area (TPSA) is 75.0 Å². The number of esters is 1. The van der Waals surface area contributed by atoms with E-state index in [1.807, 2.05) is 12.1 Å². The van der Waals surface area contributed by atoms with Gasteiger partial charge in [-0.15, -0.1) is 0 Å². The monoisotopic (exact) mass is 368 g/mol. The Morgan fingerprint density at radius 2 is 1.70 bits per heavy atom. The van der Waals surface area contributed by atoms with E-state index in [2.05, 4.69) is 4.74 Å². The highest BCUT2D eigenvalue weighted by Crippen LogP contribution is 2.27. The summed E-state index contributed by atoms with van der Waals surface area (Å²) in [6, 6.07) is 12.1. The van der Waals surface area contributed by atoms with E-state index in [0.717, 1.165) is 5.56 Å². The molecule has 3 aromatic rings. The van der Waals surface area contributed by atoms with E-state index in [0.29, 0.717) is 33.8 Å².